The van der Waals surface area contributed by atoms with Crippen LogP contribution in [0.4, 0.5) is 28.9 Å². The molecule has 0 fully saturated rings. The largest absolute Gasteiger partial charge is 0.485 e. The number of nitrogens with zero attached hydrogens (tertiary/aromatic N) is 4. The molecule has 0 unspecified atom stereocenters. The number of hydrogen-bond acceptors (Lipinski definition) is 5. The van der Waals surface area contributed by atoms with Gasteiger partial charge in [-0.3, -0.25) is 9.69 Å². The van der Waals surface area contributed by atoms with E-state index < -0.39 is 24.6 Å². The normalized spacial score (nSPS) is 17.8. The van der Waals surface area contributed by atoms with Crippen molar-refractivity contribution in [3.05, 3.63) is 54.5 Å². The van der Waals surface area contributed by atoms with E-state index in [0.717, 1.165) is 15.9 Å². The van der Waals surface area contributed by atoms with Gasteiger partial charge < -0.3 is 9.64 Å². The maximum absolute atomic E-state index is 14.7. The smallest absolute Gasteiger partial charge is 0.262 e. The number of halogens is 4. The van der Waals surface area contributed by atoms with Gasteiger partial charge in [-0.25, -0.2) is 23.1 Å². The Bertz CT molecular complexity index is 913. The standard InChI is InChI=1S/C17H14F2N4O2.CH2F2/c1-10-9-25-14-6-11(18)12(7-13(14)21(10)2)23-16(24)8-15(19)22-5-3-4-20-17(22)23;2-1-3/h3,5-8H,1,4,9H2,2H3;1H2. The van der Waals surface area contributed by atoms with E-state index in [4.69, 9.17) is 4.74 Å². The van der Waals surface area contributed by atoms with E-state index in [0.29, 0.717) is 17.1 Å². The van der Waals surface area contributed by atoms with E-state index in [9.17, 15) is 22.4 Å². The Morgan fingerprint density at radius 3 is 2.68 bits per heavy atom. The van der Waals surface area contributed by atoms with Crippen LogP contribution in [0.25, 0.3) is 0 Å². The first-order valence-corrected chi connectivity index (χ1v) is 8.10. The average molecular weight is 396 g/mol. The molecule has 0 N–H and O–H groups in total. The van der Waals surface area contributed by atoms with Gasteiger partial charge in [0.2, 0.25) is 18.8 Å². The van der Waals surface area contributed by atoms with E-state index >= 15 is 0 Å². The summed E-state index contributed by atoms with van der Waals surface area (Å²) in [5.74, 6) is -1.77. The monoisotopic (exact) mass is 396 g/mol. The molecule has 0 aromatic heterocycles. The molecule has 10 heteroatoms. The Morgan fingerprint density at radius 1 is 1.25 bits per heavy atom. The van der Waals surface area contributed by atoms with E-state index in [1.54, 1.807) is 18.0 Å². The maximum Gasteiger partial charge on any atom is 0.262 e. The third-order valence-electron chi connectivity index (χ3n) is 4.20. The summed E-state index contributed by atoms with van der Waals surface area (Å²) in [6, 6.07) is 2.68. The zero-order chi connectivity index (χ0) is 20.4. The molecule has 6 nitrogen and oxygen atoms in total. The molecule has 4 rings (SSSR count). The van der Waals surface area contributed by atoms with Gasteiger partial charge in [0, 0.05) is 25.0 Å². The Kier molecular flexibility index (Phi) is 5.39. The number of alkyl halides is 2. The molecule has 3 heterocycles. The van der Waals surface area contributed by atoms with Crippen molar-refractivity contribution in [2.24, 2.45) is 4.99 Å². The third-order valence-corrected chi connectivity index (χ3v) is 4.20. The molecular formula is C18H16F4N4O2. The topological polar surface area (TPSA) is 48.4 Å². The van der Waals surface area contributed by atoms with E-state index in [1.165, 1.54) is 18.3 Å². The second-order valence-electron chi connectivity index (χ2n) is 5.82. The highest BCUT2D eigenvalue weighted by atomic mass is 19.3. The summed E-state index contributed by atoms with van der Waals surface area (Å²) in [4.78, 5) is 20.4. The predicted octanol–water partition coefficient (Wildman–Crippen LogP) is 3.39. The molecule has 0 radical (unpaired) electrons. The molecular weight excluding hydrogens is 380 g/mol. The highest BCUT2D eigenvalue weighted by Crippen LogP contribution is 2.40. The molecule has 3 aliphatic heterocycles. The number of fused-ring (bicyclic) bond motifs is 2. The number of ether oxygens (including phenoxy) is 1. The molecule has 1 aromatic carbocycles. The SMILES string of the molecule is C=C1COc2cc(F)c(N3C(=O)C=C(F)N4C=CCN=C43)cc2N1C.FCF. The van der Waals surface area contributed by atoms with E-state index in [2.05, 4.69) is 11.6 Å². The van der Waals surface area contributed by atoms with Gasteiger partial charge in [-0.2, -0.15) is 4.39 Å². The summed E-state index contributed by atoms with van der Waals surface area (Å²) in [5.41, 5.74) is 1.23. The number of rotatable bonds is 1. The number of anilines is 2. The fraction of sp³-hybridized carbons (Fsp3) is 0.222. The highest BCUT2D eigenvalue weighted by molar-refractivity contribution is 6.22. The second-order valence-corrected chi connectivity index (χ2v) is 5.82. The number of hydrogen-bond donors (Lipinski definition) is 0. The number of benzene rings is 1. The number of guanidine groups is 1. The van der Waals surface area contributed by atoms with Crippen LogP contribution in [-0.4, -0.2) is 43.9 Å². The quantitative estimate of drug-likeness (QED) is 0.539. The summed E-state index contributed by atoms with van der Waals surface area (Å²) in [5, 5.41) is 0. The lowest BCUT2D eigenvalue weighted by Gasteiger charge is -2.36. The minimum Gasteiger partial charge on any atom is -0.485 e. The van der Waals surface area contributed by atoms with Crippen molar-refractivity contribution in [1.82, 2.24) is 4.90 Å². The van der Waals surface area contributed by atoms with Crippen molar-refractivity contribution < 1.29 is 27.1 Å². The van der Waals surface area contributed by atoms with Crippen LogP contribution in [0, 0.1) is 5.82 Å². The molecule has 0 saturated heterocycles. The fourth-order valence-electron chi connectivity index (χ4n) is 2.85. The molecule has 0 aliphatic carbocycles. The second kappa shape index (κ2) is 7.75. The fourth-order valence-corrected chi connectivity index (χ4v) is 2.85. The van der Waals surface area contributed by atoms with Gasteiger partial charge in [-0.15, -0.1) is 0 Å². The average Bonchev–Trinajstić information content (AvgIpc) is 2.66. The summed E-state index contributed by atoms with van der Waals surface area (Å²) in [6.07, 6.45) is 3.90. The molecule has 1 aromatic rings. The van der Waals surface area contributed by atoms with Gasteiger partial charge in [-0.05, 0) is 12.1 Å². The number of amides is 1. The van der Waals surface area contributed by atoms with Gasteiger partial charge in [0.25, 0.3) is 5.91 Å². The van der Waals surface area contributed by atoms with Crippen molar-refractivity contribution in [2.45, 2.75) is 0 Å². The highest BCUT2D eigenvalue weighted by Gasteiger charge is 2.35. The van der Waals surface area contributed by atoms with Crippen LogP contribution in [-0.2, 0) is 4.79 Å². The van der Waals surface area contributed by atoms with Crippen molar-refractivity contribution in [3.8, 4) is 5.75 Å². The molecule has 0 atom stereocenters. The van der Waals surface area contributed by atoms with Crippen LogP contribution in [0.2, 0.25) is 0 Å². The third kappa shape index (κ3) is 3.32. The molecule has 0 bridgehead atoms. The first-order chi connectivity index (χ1) is 13.4. The van der Waals surface area contributed by atoms with Gasteiger partial charge in [0.15, 0.2) is 5.82 Å². The Balaban J connectivity index is 0.000000706. The number of aliphatic imine (C=N–C) groups is 1. The summed E-state index contributed by atoms with van der Waals surface area (Å²) in [7, 11) is 1.77. The van der Waals surface area contributed by atoms with Gasteiger partial charge in [0.1, 0.15) is 12.4 Å². The molecule has 3 aliphatic rings. The zero-order valence-corrected chi connectivity index (χ0v) is 14.8. The Hall–Kier alpha value is -3.30. The van der Waals surface area contributed by atoms with Gasteiger partial charge in [-0.1, -0.05) is 6.58 Å². The van der Waals surface area contributed by atoms with Crippen LogP contribution >= 0.6 is 0 Å². The predicted molar refractivity (Wildman–Crippen MR) is 96.5 cm³/mol. The van der Waals surface area contributed by atoms with Crippen LogP contribution < -0.4 is 14.5 Å². The molecule has 0 spiro atoms. The summed E-state index contributed by atoms with van der Waals surface area (Å²) >= 11 is 0. The number of likely N-dealkylation sites (N-methyl/N-ethyl adjacent to an activating group) is 1. The van der Waals surface area contributed by atoms with E-state index in [-0.39, 0.29) is 24.8 Å². The molecule has 28 heavy (non-hydrogen) atoms. The minimum absolute atomic E-state index is 0.0181. The lowest BCUT2D eigenvalue weighted by molar-refractivity contribution is -0.113. The molecule has 1 amide bonds. The summed E-state index contributed by atoms with van der Waals surface area (Å²) in [6.45, 7) is 2.65. The number of carbonyl (C=O) groups excluding carboxylic acids is 1. The lowest BCUT2D eigenvalue weighted by Crippen LogP contribution is -2.49. The first kappa shape index (κ1) is 19.5. The number of carbonyl (C=O) groups is 1. The van der Waals surface area contributed by atoms with Crippen molar-refractivity contribution in [2.75, 3.05) is 36.9 Å². The Labute approximate surface area is 158 Å². The zero-order valence-electron chi connectivity index (χ0n) is 14.8. The molecule has 148 valence electrons. The van der Waals surface area contributed by atoms with Gasteiger partial charge >= 0.3 is 0 Å². The Morgan fingerprint density at radius 2 is 1.96 bits per heavy atom. The maximum atomic E-state index is 14.7. The lowest BCUT2D eigenvalue weighted by atomic mass is 10.1. The molecule has 0 saturated carbocycles. The van der Waals surface area contributed by atoms with Crippen molar-refractivity contribution in [1.29, 1.82) is 0 Å². The van der Waals surface area contributed by atoms with Crippen LogP contribution in [0.1, 0.15) is 0 Å². The van der Waals surface area contributed by atoms with Crippen LogP contribution in [0.3, 0.4) is 0 Å². The van der Waals surface area contributed by atoms with Gasteiger partial charge in [0.05, 0.1) is 24.0 Å². The first-order valence-electron chi connectivity index (χ1n) is 8.10. The van der Waals surface area contributed by atoms with E-state index in [1.807, 2.05) is 0 Å². The van der Waals surface area contributed by atoms with Crippen molar-refractivity contribution >= 4 is 23.2 Å². The van der Waals surface area contributed by atoms with Crippen LogP contribution in [0.5, 0.6) is 5.75 Å². The minimum atomic E-state index is -1.75. The summed E-state index contributed by atoms with van der Waals surface area (Å²) < 4.78 is 53.4. The van der Waals surface area contributed by atoms with Crippen molar-refractivity contribution in [3.63, 3.8) is 0 Å². The van der Waals surface area contributed by atoms with Crippen LogP contribution in [0.15, 0.2) is 53.7 Å².